The standard InChI is InChI=1S/C10H19NO2/c1-7-5-4-6-8(2)11(7)10(13)9(3)12/h7-9,12H,4-6H2,1-3H3/t7?,8?,9-/m0/s1. The lowest BCUT2D eigenvalue weighted by Crippen LogP contribution is -2.50. The molecule has 3 atom stereocenters. The van der Waals surface area contributed by atoms with E-state index in [1.54, 1.807) is 0 Å². The van der Waals surface area contributed by atoms with Crippen LogP contribution in [0.15, 0.2) is 0 Å². The van der Waals surface area contributed by atoms with Gasteiger partial charge in [0.1, 0.15) is 6.10 Å². The van der Waals surface area contributed by atoms with Crippen LogP contribution in [0.3, 0.4) is 0 Å². The molecule has 0 saturated carbocycles. The highest BCUT2D eigenvalue weighted by atomic mass is 16.3. The van der Waals surface area contributed by atoms with Crippen molar-refractivity contribution in [1.29, 1.82) is 0 Å². The number of likely N-dealkylation sites (tertiary alicyclic amines) is 1. The van der Waals surface area contributed by atoms with Gasteiger partial charge in [-0.15, -0.1) is 0 Å². The summed E-state index contributed by atoms with van der Waals surface area (Å²) in [6.45, 7) is 5.64. The molecule has 2 unspecified atom stereocenters. The second-order valence-electron chi connectivity index (χ2n) is 4.05. The van der Waals surface area contributed by atoms with Gasteiger partial charge in [-0.2, -0.15) is 0 Å². The van der Waals surface area contributed by atoms with E-state index >= 15 is 0 Å². The molecule has 0 spiro atoms. The van der Waals surface area contributed by atoms with Gasteiger partial charge in [-0.3, -0.25) is 4.79 Å². The number of carbonyl (C=O) groups is 1. The first kappa shape index (κ1) is 10.5. The minimum Gasteiger partial charge on any atom is -0.384 e. The van der Waals surface area contributed by atoms with Crippen molar-refractivity contribution in [3.05, 3.63) is 0 Å². The van der Waals surface area contributed by atoms with Gasteiger partial charge >= 0.3 is 0 Å². The number of rotatable bonds is 1. The predicted molar refractivity (Wildman–Crippen MR) is 51.3 cm³/mol. The lowest BCUT2D eigenvalue weighted by Gasteiger charge is -2.39. The number of amides is 1. The Hall–Kier alpha value is -0.570. The third-order valence-electron chi connectivity index (χ3n) is 2.81. The zero-order chi connectivity index (χ0) is 10.0. The quantitative estimate of drug-likeness (QED) is 0.666. The van der Waals surface area contributed by atoms with Crippen LogP contribution in [0.2, 0.25) is 0 Å². The highest BCUT2D eigenvalue weighted by Crippen LogP contribution is 2.22. The smallest absolute Gasteiger partial charge is 0.251 e. The Morgan fingerprint density at radius 3 is 2.23 bits per heavy atom. The highest BCUT2D eigenvalue weighted by Gasteiger charge is 2.30. The Kier molecular flexibility index (Phi) is 3.31. The summed E-state index contributed by atoms with van der Waals surface area (Å²) in [6, 6.07) is 0.566. The van der Waals surface area contributed by atoms with Crippen LogP contribution in [0.25, 0.3) is 0 Å². The van der Waals surface area contributed by atoms with Gasteiger partial charge < -0.3 is 10.0 Å². The fraction of sp³-hybridized carbons (Fsp3) is 0.900. The van der Waals surface area contributed by atoms with Gasteiger partial charge in [-0.05, 0) is 40.0 Å². The summed E-state index contributed by atoms with van der Waals surface area (Å²) in [5, 5.41) is 9.22. The van der Waals surface area contributed by atoms with Gasteiger partial charge in [-0.25, -0.2) is 0 Å². The summed E-state index contributed by atoms with van der Waals surface area (Å²) in [7, 11) is 0. The van der Waals surface area contributed by atoms with Gasteiger partial charge in [0.15, 0.2) is 0 Å². The van der Waals surface area contributed by atoms with E-state index in [-0.39, 0.29) is 18.0 Å². The van der Waals surface area contributed by atoms with Crippen molar-refractivity contribution >= 4 is 5.91 Å². The average Bonchev–Trinajstić information content (AvgIpc) is 2.03. The zero-order valence-corrected chi connectivity index (χ0v) is 8.66. The number of carbonyl (C=O) groups excluding carboxylic acids is 1. The van der Waals surface area contributed by atoms with Crippen molar-refractivity contribution in [3.8, 4) is 0 Å². The Morgan fingerprint density at radius 2 is 1.85 bits per heavy atom. The van der Waals surface area contributed by atoms with E-state index in [2.05, 4.69) is 13.8 Å². The van der Waals surface area contributed by atoms with Crippen molar-refractivity contribution in [2.45, 2.75) is 58.2 Å². The number of aliphatic hydroxyl groups is 1. The Morgan fingerprint density at radius 1 is 1.38 bits per heavy atom. The van der Waals surface area contributed by atoms with E-state index in [0.717, 1.165) is 12.8 Å². The lowest BCUT2D eigenvalue weighted by atomic mass is 9.97. The first-order chi connectivity index (χ1) is 6.04. The second kappa shape index (κ2) is 4.09. The molecule has 1 aliphatic rings. The molecule has 76 valence electrons. The number of hydrogen-bond acceptors (Lipinski definition) is 2. The van der Waals surface area contributed by atoms with Gasteiger partial charge in [0.25, 0.3) is 5.91 Å². The van der Waals surface area contributed by atoms with E-state index < -0.39 is 6.10 Å². The van der Waals surface area contributed by atoms with Crippen molar-refractivity contribution in [3.63, 3.8) is 0 Å². The summed E-state index contributed by atoms with van der Waals surface area (Å²) in [5.41, 5.74) is 0. The van der Waals surface area contributed by atoms with E-state index in [1.807, 2.05) is 4.90 Å². The fourth-order valence-corrected chi connectivity index (χ4v) is 2.07. The van der Waals surface area contributed by atoms with Crippen LogP contribution in [-0.2, 0) is 4.79 Å². The summed E-state index contributed by atoms with van der Waals surface area (Å²) in [4.78, 5) is 13.4. The van der Waals surface area contributed by atoms with E-state index in [4.69, 9.17) is 0 Å². The molecule has 1 amide bonds. The van der Waals surface area contributed by atoms with Gasteiger partial charge in [-0.1, -0.05) is 0 Å². The van der Waals surface area contributed by atoms with Crippen LogP contribution in [0.4, 0.5) is 0 Å². The van der Waals surface area contributed by atoms with Crippen molar-refractivity contribution in [2.24, 2.45) is 0 Å². The van der Waals surface area contributed by atoms with Crippen LogP contribution in [0.5, 0.6) is 0 Å². The molecule has 1 heterocycles. The maximum absolute atomic E-state index is 11.6. The van der Waals surface area contributed by atoms with Crippen LogP contribution in [-0.4, -0.2) is 34.1 Å². The molecule has 0 bridgehead atoms. The molecule has 1 N–H and O–H groups in total. The summed E-state index contributed by atoms with van der Waals surface area (Å²) in [6.07, 6.45) is 2.44. The first-order valence-corrected chi connectivity index (χ1v) is 5.04. The average molecular weight is 185 g/mol. The molecule has 1 saturated heterocycles. The number of nitrogens with zero attached hydrogens (tertiary/aromatic N) is 1. The molecule has 0 aliphatic carbocycles. The molecule has 0 aromatic heterocycles. The molecule has 3 nitrogen and oxygen atoms in total. The molecular formula is C10H19NO2. The topological polar surface area (TPSA) is 40.5 Å². The molecule has 1 rings (SSSR count). The summed E-state index contributed by atoms with van der Waals surface area (Å²) >= 11 is 0. The normalized spacial score (nSPS) is 31.5. The minimum atomic E-state index is -0.858. The largest absolute Gasteiger partial charge is 0.384 e. The van der Waals surface area contributed by atoms with E-state index in [0.29, 0.717) is 0 Å². The lowest BCUT2D eigenvalue weighted by molar-refractivity contribution is -0.145. The molecular weight excluding hydrogens is 166 g/mol. The maximum Gasteiger partial charge on any atom is 0.251 e. The van der Waals surface area contributed by atoms with Crippen LogP contribution in [0, 0.1) is 0 Å². The van der Waals surface area contributed by atoms with Gasteiger partial charge in [0.05, 0.1) is 0 Å². The Labute approximate surface area is 79.7 Å². The van der Waals surface area contributed by atoms with Gasteiger partial charge in [0, 0.05) is 12.1 Å². The fourth-order valence-electron chi connectivity index (χ4n) is 2.07. The SMILES string of the molecule is CC1CCCC(C)N1C(=O)[C@H](C)O. The van der Waals surface area contributed by atoms with Crippen LogP contribution < -0.4 is 0 Å². The van der Waals surface area contributed by atoms with E-state index in [1.165, 1.54) is 13.3 Å². The third-order valence-corrected chi connectivity index (χ3v) is 2.81. The molecule has 3 heteroatoms. The molecule has 1 fully saturated rings. The molecule has 0 radical (unpaired) electrons. The minimum absolute atomic E-state index is 0.125. The number of hydrogen-bond donors (Lipinski definition) is 1. The van der Waals surface area contributed by atoms with E-state index in [9.17, 15) is 9.90 Å². The van der Waals surface area contributed by atoms with Crippen molar-refractivity contribution in [1.82, 2.24) is 4.90 Å². The maximum atomic E-state index is 11.6. The molecule has 1 aliphatic heterocycles. The van der Waals surface area contributed by atoms with Crippen LogP contribution >= 0.6 is 0 Å². The Bertz CT molecular complexity index is 181. The van der Waals surface area contributed by atoms with Crippen LogP contribution in [0.1, 0.15) is 40.0 Å². The van der Waals surface area contributed by atoms with Gasteiger partial charge in [0.2, 0.25) is 0 Å². The highest BCUT2D eigenvalue weighted by molar-refractivity contribution is 5.80. The number of aliphatic hydroxyl groups excluding tert-OH is 1. The summed E-state index contributed by atoms with van der Waals surface area (Å²) in [5.74, 6) is -0.125. The zero-order valence-electron chi connectivity index (χ0n) is 8.66. The molecule has 13 heavy (non-hydrogen) atoms. The van der Waals surface area contributed by atoms with Crippen molar-refractivity contribution < 1.29 is 9.90 Å². The van der Waals surface area contributed by atoms with Crippen molar-refractivity contribution in [2.75, 3.05) is 0 Å². The first-order valence-electron chi connectivity index (χ1n) is 5.04. The monoisotopic (exact) mass is 185 g/mol. The molecule has 0 aromatic carbocycles. The third kappa shape index (κ3) is 2.21. The predicted octanol–water partition coefficient (Wildman–Crippen LogP) is 1.16. The molecule has 0 aromatic rings. The Balaban J connectivity index is 2.68. The summed E-state index contributed by atoms with van der Waals surface area (Å²) < 4.78 is 0. The second-order valence-corrected chi connectivity index (χ2v) is 4.05. The number of piperidine rings is 1.